The maximum Gasteiger partial charge on any atom is 0.414 e. The lowest BCUT2D eigenvalue weighted by Crippen LogP contribution is -2.37. The van der Waals surface area contributed by atoms with Crippen molar-refractivity contribution in [1.82, 2.24) is 0 Å². The second-order valence-electron chi connectivity index (χ2n) is 5.42. The first-order chi connectivity index (χ1) is 8.88. The van der Waals surface area contributed by atoms with Gasteiger partial charge in [0, 0.05) is 6.54 Å². The van der Waals surface area contributed by atoms with E-state index in [1.165, 1.54) is 0 Å². The molecule has 0 radical (unpaired) electrons. The number of hydrogen-bond donors (Lipinski definition) is 0. The quantitative estimate of drug-likeness (QED) is 0.723. The second kappa shape index (κ2) is 5.41. The van der Waals surface area contributed by atoms with Gasteiger partial charge in [-0.15, -0.1) is 0 Å². The van der Waals surface area contributed by atoms with Gasteiger partial charge < -0.3 is 9.47 Å². The van der Waals surface area contributed by atoms with Gasteiger partial charge in [-0.2, -0.15) is 0 Å². The molecule has 5 heteroatoms. The first-order valence-electron chi connectivity index (χ1n) is 6.30. The first-order valence-corrected chi connectivity index (χ1v) is 7.09. The third kappa shape index (κ3) is 3.41. The molecule has 0 saturated heterocycles. The number of halogens is 1. The molecule has 0 saturated carbocycles. The summed E-state index contributed by atoms with van der Waals surface area (Å²) in [4.78, 5) is 13.9. The predicted octanol–water partition coefficient (Wildman–Crippen LogP) is 3.97. The summed E-state index contributed by atoms with van der Waals surface area (Å²) in [7, 11) is 0. The number of rotatable bonds is 0. The van der Waals surface area contributed by atoms with Crippen LogP contribution in [-0.4, -0.2) is 24.8 Å². The van der Waals surface area contributed by atoms with Crippen LogP contribution in [-0.2, 0) is 4.74 Å². The van der Waals surface area contributed by atoms with Gasteiger partial charge in [0.15, 0.2) is 5.75 Å². The van der Waals surface area contributed by atoms with E-state index in [4.69, 9.17) is 9.47 Å². The van der Waals surface area contributed by atoms with Gasteiger partial charge in [-0.1, -0.05) is 6.07 Å². The van der Waals surface area contributed by atoms with Crippen molar-refractivity contribution in [3.05, 3.63) is 22.7 Å². The van der Waals surface area contributed by atoms with Crippen LogP contribution in [0.25, 0.3) is 0 Å². The fourth-order valence-corrected chi connectivity index (χ4v) is 2.35. The number of hydrogen-bond acceptors (Lipinski definition) is 3. The highest BCUT2D eigenvalue weighted by Crippen LogP contribution is 2.38. The number of fused-ring (bicyclic) bond motifs is 1. The minimum absolute atomic E-state index is 0.336. The Hall–Kier alpha value is -1.23. The number of nitrogens with zero attached hydrogens (tertiary/aromatic N) is 1. The van der Waals surface area contributed by atoms with Crippen molar-refractivity contribution in [2.24, 2.45) is 0 Å². The lowest BCUT2D eigenvalue weighted by Gasteiger charge is -2.27. The lowest BCUT2D eigenvalue weighted by atomic mass is 10.2. The lowest BCUT2D eigenvalue weighted by molar-refractivity contribution is 0.0581. The Bertz CT molecular complexity index is 482. The molecule has 0 aromatic heterocycles. The maximum absolute atomic E-state index is 12.3. The summed E-state index contributed by atoms with van der Waals surface area (Å²) < 4.78 is 12.0. The van der Waals surface area contributed by atoms with Crippen LogP contribution in [0.4, 0.5) is 10.5 Å². The Morgan fingerprint density at radius 2 is 2.16 bits per heavy atom. The largest absolute Gasteiger partial charge is 0.490 e. The zero-order chi connectivity index (χ0) is 14.0. The third-order valence-electron chi connectivity index (χ3n) is 2.62. The van der Waals surface area contributed by atoms with Crippen LogP contribution in [0.1, 0.15) is 27.2 Å². The molecule has 0 spiro atoms. The van der Waals surface area contributed by atoms with Crippen LogP contribution in [0.2, 0.25) is 0 Å². The Morgan fingerprint density at radius 3 is 2.84 bits per heavy atom. The monoisotopic (exact) mass is 327 g/mol. The molecule has 1 heterocycles. The van der Waals surface area contributed by atoms with Crippen LogP contribution in [0.3, 0.4) is 0 Å². The summed E-state index contributed by atoms with van der Waals surface area (Å²) in [5, 5.41) is 0. The third-order valence-corrected chi connectivity index (χ3v) is 3.25. The van der Waals surface area contributed by atoms with Gasteiger partial charge in [0.05, 0.1) is 16.8 Å². The van der Waals surface area contributed by atoms with E-state index in [0.29, 0.717) is 18.9 Å². The number of benzene rings is 1. The molecule has 0 N–H and O–H groups in total. The molecule has 0 aliphatic carbocycles. The summed E-state index contributed by atoms with van der Waals surface area (Å²) in [6.07, 6.45) is 0.442. The van der Waals surface area contributed by atoms with Gasteiger partial charge in [0.2, 0.25) is 0 Å². The zero-order valence-electron chi connectivity index (χ0n) is 11.4. The zero-order valence-corrected chi connectivity index (χ0v) is 13.0. The van der Waals surface area contributed by atoms with Crippen molar-refractivity contribution < 1.29 is 14.3 Å². The highest BCUT2D eigenvalue weighted by atomic mass is 79.9. The average molecular weight is 328 g/mol. The van der Waals surface area contributed by atoms with Gasteiger partial charge in [-0.25, -0.2) is 4.79 Å². The standard InChI is InChI=1S/C14H18BrNO3/c1-14(2,3)19-13(17)16-8-5-9-18-12-10(15)6-4-7-11(12)16/h4,6-7H,5,8-9H2,1-3H3. The van der Waals surface area contributed by atoms with E-state index in [1.807, 2.05) is 39.0 Å². The van der Waals surface area contributed by atoms with Gasteiger partial charge >= 0.3 is 6.09 Å². The van der Waals surface area contributed by atoms with Crippen LogP contribution in [0.15, 0.2) is 22.7 Å². The smallest absolute Gasteiger partial charge is 0.414 e. The molecule has 0 bridgehead atoms. The molecule has 1 aromatic carbocycles. The maximum atomic E-state index is 12.3. The fourth-order valence-electron chi connectivity index (χ4n) is 1.88. The van der Waals surface area contributed by atoms with Crippen LogP contribution >= 0.6 is 15.9 Å². The molecule has 1 amide bonds. The van der Waals surface area contributed by atoms with Gasteiger partial charge in [-0.3, -0.25) is 4.90 Å². The molecular weight excluding hydrogens is 310 g/mol. The van der Waals surface area contributed by atoms with Crippen molar-refractivity contribution >= 4 is 27.7 Å². The van der Waals surface area contributed by atoms with Crippen molar-refractivity contribution in [2.75, 3.05) is 18.1 Å². The number of anilines is 1. The highest BCUT2D eigenvalue weighted by Gasteiger charge is 2.27. The molecule has 1 aromatic rings. The van der Waals surface area contributed by atoms with Crippen LogP contribution in [0, 0.1) is 0 Å². The van der Waals surface area contributed by atoms with Crippen LogP contribution < -0.4 is 9.64 Å². The second-order valence-corrected chi connectivity index (χ2v) is 6.28. The Balaban J connectivity index is 2.32. The molecule has 19 heavy (non-hydrogen) atoms. The number of ether oxygens (including phenoxy) is 2. The summed E-state index contributed by atoms with van der Waals surface area (Å²) >= 11 is 3.45. The minimum Gasteiger partial charge on any atom is -0.490 e. The van der Waals surface area contributed by atoms with E-state index in [-0.39, 0.29) is 6.09 Å². The summed E-state index contributed by atoms with van der Waals surface area (Å²) in [5.74, 6) is 0.700. The van der Waals surface area contributed by atoms with Crippen molar-refractivity contribution in [3.63, 3.8) is 0 Å². The fraction of sp³-hybridized carbons (Fsp3) is 0.500. The molecule has 0 fully saturated rings. The molecule has 2 rings (SSSR count). The number of amides is 1. The average Bonchev–Trinajstić information content (AvgIpc) is 2.50. The Kier molecular flexibility index (Phi) is 4.04. The first kappa shape index (κ1) is 14.2. The van der Waals surface area contributed by atoms with Crippen molar-refractivity contribution in [3.8, 4) is 5.75 Å². The van der Waals surface area contributed by atoms with Crippen LogP contribution in [0.5, 0.6) is 5.75 Å². The summed E-state index contributed by atoms with van der Waals surface area (Å²) in [6.45, 7) is 6.77. The van der Waals surface area contributed by atoms with Crippen molar-refractivity contribution in [1.29, 1.82) is 0 Å². The van der Waals surface area contributed by atoms with Gasteiger partial charge in [-0.05, 0) is 55.3 Å². The summed E-state index contributed by atoms with van der Waals surface area (Å²) in [5.41, 5.74) is 0.247. The summed E-state index contributed by atoms with van der Waals surface area (Å²) in [6, 6.07) is 5.65. The van der Waals surface area contributed by atoms with E-state index in [9.17, 15) is 4.79 Å². The Morgan fingerprint density at radius 1 is 1.42 bits per heavy atom. The topological polar surface area (TPSA) is 38.8 Å². The number of carbonyl (C=O) groups excluding carboxylic acids is 1. The van der Waals surface area contributed by atoms with E-state index in [2.05, 4.69) is 15.9 Å². The number of para-hydroxylation sites is 1. The predicted molar refractivity (Wildman–Crippen MR) is 77.8 cm³/mol. The van der Waals surface area contributed by atoms with E-state index in [0.717, 1.165) is 16.6 Å². The molecule has 1 aliphatic heterocycles. The molecule has 4 nitrogen and oxygen atoms in total. The molecule has 0 unspecified atom stereocenters. The van der Waals surface area contributed by atoms with E-state index in [1.54, 1.807) is 4.90 Å². The van der Waals surface area contributed by atoms with Gasteiger partial charge in [0.1, 0.15) is 5.60 Å². The normalized spacial score (nSPS) is 15.3. The highest BCUT2D eigenvalue weighted by molar-refractivity contribution is 9.10. The van der Waals surface area contributed by atoms with E-state index < -0.39 is 5.60 Å². The minimum atomic E-state index is -0.504. The van der Waals surface area contributed by atoms with Crippen molar-refractivity contribution in [2.45, 2.75) is 32.8 Å². The molecular formula is C14H18BrNO3. The molecule has 1 aliphatic rings. The molecule has 104 valence electrons. The Labute approximate surface area is 121 Å². The molecule has 0 atom stereocenters. The van der Waals surface area contributed by atoms with E-state index >= 15 is 0 Å². The number of carbonyl (C=O) groups is 1. The van der Waals surface area contributed by atoms with Gasteiger partial charge in [0.25, 0.3) is 0 Å². The SMILES string of the molecule is CC(C)(C)OC(=O)N1CCCOc2c(Br)cccc21.